The molecule has 0 aromatic heterocycles. The molecule has 0 aromatic rings. The maximum absolute atomic E-state index is 11.7. The molecule has 0 saturated carbocycles. The number of carbonyl (C=O) groups excluding carboxylic acids is 1. The summed E-state index contributed by atoms with van der Waals surface area (Å²) in [6, 6.07) is 0. The molecule has 2 rings (SSSR count). The van der Waals surface area contributed by atoms with Gasteiger partial charge in [-0.25, -0.2) is 0 Å². The minimum absolute atomic E-state index is 0.0375. The van der Waals surface area contributed by atoms with Gasteiger partial charge in [0.05, 0.1) is 18.3 Å². The van der Waals surface area contributed by atoms with Crippen LogP contribution in [0.1, 0.15) is 32.1 Å². The van der Waals surface area contributed by atoms with Gasteiger partial charge in [-0.3, -0.25) is 9.59 Å². The van der Waals surface area contributed by atoms with Crippen molar-refractivity contribution < 1.29 is 29.3 Å². The first-order valence-electron chi connectivity index (χ1n) is 8.44. The topological polar surface area (TPSA) is 108 Å². The van der Waals surface area contributed by atoms with E-state index in [1.807, 2.05) is 7.05 Å². The second-order valence-corrected chi connectivity index (χ2v) is 6.41. The van der Waals surface area contributed by atoms with E-state index in [2.05, 4.69) is 10.2 Å². The first kappa shape index (κ1) is 20.8. The van der Waals surface area contributed by atoms with Crippen molar-refractivity contribution in [3.63, 3.8) is 0 Å². The van der Waals surface area contributed by atoms with Crippen molar-refractivity contribution in [2.75, 3.05) is 46.5 Å². The third-order valence-corrected chi connectivity index (χ3v) is 4.34. The van der Waals surface area contributed by atoms with E-state index in [1.165, 1.54) is 6.42 Å². The van der Waals surface area contributed by atoms with Crippen LogP contribution >= 0.6 is 0 Å². The molecular formula is C16H30N2O6. The summed E-state index contributed by atoms with van der Waals surface area (Å²) in [5, 5.41) is 20.0. The molecule has 0 aliphatic carbocycles. The fourth-order valence-electron chi connectivity index (χ4n) is 2.75. The number of amides is 1. The molecule has 8 nitrogen and oxygen atoms in total. The van der Waals surface area contributed by atoms with Crippen molar-refractivity contribution in [3.05, 3.63) is 0 Å². The lowest BCUT2D eigenvalue weighted by molar-refractivity contribution is -0.129. The van der Waals surface area contributed by atoms with Gasteiger partial charge in [0.2, 0.25) is 5.91 Å². The molecule has 0 bridgehead atoms. The molecule has 0 spiro atoms. The zero-order valence-corrected chi connectivity index (χ0v) is 14.4. The quantitative estimate of drug-likeness (QED) is 0.574. The fraction of sp³-hybridized carbons (Fsp3) is 0.875. The van der Waals surface area contributed by atoms with E-state index in [1.54, 1.807) is 0 Å². The highest BCUT2D eigenvalue weighted by molar-refractivity contribution is 5.77. The molecular weight excluding hydrogens is 316 g/mol. The van der Waals surface area contributed by atoms with Crippen LogP contribution in [0.2, 0.25) is 0 Å². The van der Waals surface area contributed by atoms with Crippen LogP contribution in [0.4, 0.5) is 0 Å². The van der Waals surface area contributed by atoms with Crippen LogP contribution in [0.3, 0.4) is 0 Å². The lowest BCUT2D eigenvalue weighted by atomic mass is 9.91. The van der Waals surface area contributed by atoms with Crippen molar-refractivity contribution in [2.24, 2.45) is 0 Å². The molecule has 2 fully saturated rings. The third-order valence-electron chi connectivity index (χ3n) is 4.34. The average molecular weight is 346 g/mol. The van der Waals surface area contributed by atoms with E-state index in [9.17, 15) is 9.90 Å². The number of carboxylic acid groups (broad SMARTS) is 1. The van der Waals surface area contributed by atoms with Crippen LogP contribution in [0.25, 0.3) is 0 Å². The number of rotatable bonds is 6. The van der Waals surface area contributed by atoms with Crippen molar-refractivity contribution in [1.29, 1.82) is 0 Å². The molecule has 2 aliphatic heterocycles. The number of hydrogen-bond donors (Lipinski definition) is 3. The standard InChI is InChI=1S/C15H28N2O4.CH2O2/c1-17-7-5-15(19,6-8-17)12-16-14(18)11-20-10-13-4-2-3-9-21-13;2-1-3/h13,19H,2-12H2,1H3,(H,16,18);1H,(H,2,3). The Morgan fingerprint density at radius 3 is 2.67 bits per heavy atom. The molecule has 2 heterocycles. The fourth-order valence-corrected chi connectivity index (χ4v) is 2.75. The average Bonchev–Trinajstić information content (AvgIpc) is 2.58. The highest BCUT2D eigenvalue weighted by Gasteiger charge is 2.31. The minimum Gasteiger partial charge on any atom is -0.483 e. The van der Waals surface area contributed by atoms with Crippen LogP contribution < -0.4 is 5.32 Å². The van der Waals surface area contributed by atoms with Gasteiger partial charge in [-0.1, -0.05) is 0 Å². The predicted molar refractivity (Wildman–Crippen MR) is 87.8 cm³/mol. The SMILES string of the molecule is CN1CCC(O)(CNC(=O)COCC2CCCCO2)CC1.O=CO. The smallest absolute Gasteiger partial charge is 0.290 e. The second-order valence-electron chi connectivity index (χ2n) is 6.41. The number of nitrogens with zero attached hydrogens (tertiary/aromatic N) is 1. The van der Waals surface area contributed by atoms with Gasteiger partial charge in [0.25, 0.3) is 6.47 Å². The number of nitrogens with one attached hydrogen (secondary N) is 1. The number of piperidine rings is 1. The maximum Gasteiger partial charge on any atom is 0.290 e. The summed E-state index contributed by atoms with van der Waals surface area (Å²) >= 11 is 0. The Labute approximate surface area is 143 Å². The van der Waals surface area contributed by atoms with E-state index in [0.717, 1.165) is 32.5 Å². The lowest BCUT2D eigenvalue weighted by Gasteiger charge is -2.36. The number of carbonyl (C=O) groups is 2. The summed E-state index contributed by atoms with van der Waals surface area (Å²) in [5.41, 5.74) is -0.769. The molecule has 2 saturated heterocycles. The van der Waals surface area contributed by atoms with Crippen LogP contribution in [-0.2, 0) is 19.1 Å². The molecule has 8 heteroatoms. The van der Waals surface area contributed by atoms with Crippen LogP contribution in [0.5, 0.6) is 0 Å². The van der Waals surface area contributed by atoms with Crippen molar-refractivity contribution in [2.45, 2.75) is 43.8 Å². The second kappa shape index (κ2) is 11.4. The van der Waals surface area contributed by atoms with Crippen molar-refractivity contribution >= 4 is 12.4 Å². The van der Waals surface area contributed by atoms with Crippen LogP contribution in [0.15, 0.2) is 0 Å². The van der Waals surface area contributed by atoms with E-state index in [4.69, 9.17) is 19.4 Å². The largest absolute Gasteiger partial charge is 0.483 e. The summed E-state index contributed by atoms with van der Waals surface area (Å²) in [6.45, 7) is 3.09. The number of likely N-dealkylation sites (tertiary alicyclic amines) is 1. The van der Waals surface area contributed by atoms with E-state index in [0.29, 0.717) is 26.0 Å². The zero-order chi connectivity index (χ0) is 17.8. The monoisotopic (exact) mass is 346 g/mol. The Morgan fingerprint density at radius 1 is 1.42 bits per heavy atom. The summed E-state index contributed by atoms with van der Waals surface area (Å²) < 4.78 is 10.9. The molecule has 0 aromatic carbocycles. The van der Waals surface area contributed by atoms with Gasteiger partial charge >= 0.3 is 0 Å². The van der Waals surface area contributed by atoms with Crippen LogP contribution in [0, 0.1) is 0 Å². The molecule has 24 heavy (non-hydrogen) atoms. The van der Waals surface area contributed by atoms with Gasteiger partial charge in [0.15, 0.2) is 0 Å². The summed E-state index contributed by atoms with van der Waals surface area (Å²) in [7, 11) is 2.04. The number of aliphatic hydroxyl groups is 1. The van der Waals surface area contributed by atoms with Crippen molar-refractivity contribution in [3.8, 4) is 0 Å². The first-order valence-corrected chi connectivity index (χ1v) is 8.44. The molecule has 1 amide bonds. The highest BCUT2D eigenvalue weighted by Crippen LogP contribution is 2.20. The van der Waals surface area contributed by atoms with Gasteiger partial charge in [0.1, 0.15) is 6.61 Å². The molecule has 3 N–H and O–H groups in total. The molecule has 2 aliphatic rings. The van der Waals surface area contributed by atoms with Crippen molar-refractivity contribution in [1.82, 2.24) is 10.2 Å². The Hall–Kier alpha value is -1.22. The summed E-state index contributed by atoms with van der Waals surface area (Å²) in [4.78, 5) is 22.3. The third kappa shape index (κ3) is 8.58. The van der Waals surface area contributed by atoms with Gasteiger partial charge < -0.3 is 29.9 Å². The normalized spacial score (nSPS) is 23.7. The predicted octanol–water partition coefficient (Wildman–Crippen LogP) is -0.154. The Balaban J connectivity index is 0.000000891. The molecule has 140 valence electrons. The number of hydrogen-bond acceptors (Lipinski definition) is 6. The zero-order valence-electron chi connectivity index (χ0n) is 14.4. The van der Waals surface area contributed by atoms with E-state index >= 15 is 0 Å². The van der Waals surface area contributed by atoms with Gasteiger partial charge in [-0.05, 0) is 39.2 Å². The first-order chi connectivity index (χ1) is 11.5. The Kier molecular flexibility index (Phi) is 9.85. The van der Waals surface area contributed by atoms with Gasteiger partial charge in [0, 0.05) is 26.2 Å². The highest BCUT2D eigenvalue weighted by atomic mass is 16.5. The van der Waals surface area contributed by atoms with Gasteiger partial charge in [-0.15, -0.1) is 0 Å². The summed E-state index contributed by atoms with van der Waals surface area (Å²) in [5.74, 6) is -0.168. The van der Waals surface area contributed by atoms with E-state index < -0.39 is 5.60 Å². The van der Waals surface area contributed by atoms with Crippen LogP contribution in [-0.4, -0.2) is 85.7 Å². The Morgan fingerprint density at radius 2 is 2.08 bits per heavy atom. The lowest BCUT2D eigenvalue weighted by Crippen LogP contribution is -2.50. The maximum atomic E-state index is 11.7. The number of ether oxygens (including phenoxy) is 2. The minimum atomic E-state index is -0.769. The molecule has 0 radical (unpaired) electrons. The van der Waals surface area contributed by atoms with E-state index in [-0.39, 0.29) is 25.1 Å². The Bertz CT molecular complexity index is 366. The molecule has 1 unspecified atom stereocenters. The summed E-state index contributed by atoms with van der Waals surface area (Å²) in [6.07, 6.45) is 4.81. The van der Waals surface area contributed by atoms with Gasteiger partial charge in [-0.2, -0.15) is 0 Å². The molecule has 1 atom stereocenters.